The Kier molecular flexibility index (Phi) is 4.39. The van der Waals surface area contributed by atoms with Crippen molar-refractivity contribution < 1.29 is 4.79 Å². The van der Waals surface area contributed by atoms with Crippen LogP contribution in [0.15, 0.2) is 48.7 Å². The lowest BCUT2D eigenvalue weighted by Crippen LogP contribution is -2.33. The summed E-state index contributed by atoms with van der Waals surface area (Å²) in [7, 11) is 0. The molecule has 0 aliphatic rings. The first-order valence-corrected chi connectivity index (χ1v) is 6.70. The Balaban J connectivity index is 2.11. The Morgan fingerprint density at radius 2 is 1.95 bits per heavy atom. The van der Waals surface area contributed by atoms with Crippen molar-refractivity contribution in [3.8, 4) is 0 Å². The number of nitrogens with zero attached hydrogens (tertiary/aromatic N) is 1. The predicted molar refractivity (Wildman–Crippen MR) is 77.2 cm³/mol. The van der Waals surface area contributed by atoms with Crippen molar-refractivity contribution in [2.75, 3.05) is 0 Å². The molecular weight excluding hydrogens is 236 g/mol. The van der Waals surface area contributed by atoms with Gasteiger partial charge in [0.1, 0.15) is 5.69 Å². The second-order valence-electron chi connectivity index (χ2n) is 4.79. The average molecular weight is 256 g/mol. The van der Waals surface area contributed by atoms with Gasteiger partial charge in [0.05, 0.1) is 0 Å². The van der Waals surface area contributed by atoms with E-state index in [1.807, 2.05) is 48.0 Å². The monoisotopic (exact) mass is 256 g/mol. The van der Waals surface area contributed by atoms with Crippen LogP contribution >= 0.6 is 0 Å². The van der Waals surface area contributed by atoms with Crippen molar-refractivity contribution in [1.82, 2.24) is 9.88 Å². The predicted octanol–water partition coefficient (Wildman–Crippen LogP) is 3.06. The van der Waals surface area contributed by atoms with Gasteiger partial charge in [0.25, 0.3) is 5.91 Å². The Morgan fingerprint density at radius 3 is 2.63 bits per heavy atom. The third kappa shape index (κ3) is 3.47. The molecule has 0 fully saturated rings. The molecule has 2 rings (SSSR count). The highest BCUT2D eigenvalue weighted by Crippen LogP contribution is 2.08. The smallest absolute Gasteiger partial charge is 0.268 e. The number of carbonyl (C=O) groups is 1. The first-order chi connectivity index (χ1) is 9.20. The summed E-state index contributed by atoms with van der Waals surface area (Å²) in [5.74, 6) is -0.00437. The molecule has 0 radical (unpaired) electrons. The molecule has 0 aliphatic heterocycles. The van der Waals surface area contributed by atoms with Gasteiger partial charge in [-0.05, 0) is 31.0 Å². The zero-order chi connectivity index (χ0) is 13.7. The number of aromatic nitrogens is 1. The number of nitrogens with one attached hydrogen (secondary N) is 1. The van der Waals surface area contributed by atoms with Gasteiger partial charge in [0.2, 0.25) is 0 Å². The maximum atomic E-state index is 12.2. The van der Waals surface area contributed by atoms with E-state index < -0.39 is 0 Å². The molecular formula is C16H20N2O. The van der Waals surface area contributed by atoms with Crippen LogP contribution in [0.4, 0.5) is 0 Å². The normalized spacial score (nSPS) is 12.1. The van der Waals surface area contributed by atoms with Crippen molar-refractivity contribution in [2.24, 2.45) is 0 Å². The van der Waals surface area contributed by atoms with Crippen LogP contribution < -0.4 is 5.32 Å². The minimum atomic E-state index is -0.00437. The summed E-state index contributed by atoms with van der Waals surface area (Å²) in [5, 5.41) is 3.00. The standard InChI is InChI=1S/C16H20N2O/c1-3-13(2)17-16(19)15-10-7-11-18(15)12-14-8-5-4-6-9-14/h4-11,13H,3,12H2,1-2H3,(H,17,19). The summed E-state index contributed by atoms with van der Waals surface area (Å²) in [6.07, 6.45) is 2.88. The van der Waals surface area contributed by atoms with Crippen LogP contribution in [0.1, 0.15) is 36.3 Å². The highest BCUT2D eigenvalue weighted by Gasteiger charge is 2.12. The second-order valence-corrected chi connectivity index (χ2v) is 4.79. The van der Waals surface area contributed by atoms with Crippen molar-refractivity contribution in [3.63, 3.8) is 0 Å². The Labute approximate surface area is 114 Å². The summed E-state index contributed by atoms with van der Waals surface area (Å²) in [4.78, 5) is 12.2. The largest absolute Gasteiger partial charge is 0.348 e. The van der Waals surface area contributed by atoms with Crippen molar-refractivity contribution in [3.05, 3.63) is 59.9 Å². The maximum absolute atomic E-state index is 12.2. The molecule has 3 heteroatoms. The first kappa shape index (κ1) is 13.4. The number of hydrogen-bond donors (Lipinski definition) is 1. The van der Waals surface area contributed by atoms with Crippen molar-refractivity contribution >= 4 is 5.91 Å². The summed E-state index contributed by atoms with van der Waals surface area (Å²) in [6, 6.07) is 14.1. The molecule has 2 aromatic rings. The van der Waals surface area contributed by atoms with E-state index in [4.69, 9.17) is 0 Å². The van der Waals surface area contributed by atoms with E-state index in [1.54, 1.807) is 0 Å². The fourth-order valence-corrected chi connectivity index (χ4v) is 1.94. The van der Waals surface area contributed by atoms with Crippen LogP contribution in [-0.4, -0.2) is 16.5 Å². The van der Waals surface area contributed by atoms with Gasteiger partial charge in [-0.1, -0.05) is 37.3 Å². The molecule has 1 atom stereocenters. The summed E-state index contributed by atoms with van der Waals surface area (Å²) in [6.45, 7) is 4.80. The molecule has 1 N–H and O–H groups in total. The third-order valence-electron chi connectivity index (χ3n) is 3.25. The highest BCUT2D eigenvalue weighted by molar-refractivity contribution is 5.92. The fourth-order valence-electron chi connectivity index (χ4n) is 1.94. The summed E-state index contributed by atoms with van der Waals surface area (Å²) in [5.41, 5.74) is 1.90. The van der Waals surface area contributed by atoms with Crippen LogP contribution in [0.25, 0.3) is 0 Å². The minimum absolute atomic E-state index is 0.00437. The molecule has 1 unspecified atom stereocenters. The molecule has 0 saturated carbocycles. The number of carbonyl (C=O) groups excluding carboxylic acids is 1. The molecule has 19 heavy (non-hydrogen) atoms. The quantitative estimate of drug-likeness (QED) is 0.876. The van der Waals surface area contributed by atoms with Gasteiger partial charge in [-0.3, -0.25) is 4.79 Å². The van der Waals surface area contributed by atoms with Crippen LogP contribution in [-0.2, 0) is 6.54 Å². The number of benzene rings is 1. The lowest BCUT2D eigenvalue weighted by Gasteiger charge is -2.13. The Hall–Kier alpha value is -2.03. The Bertz CT molecular complexity index is 531. The molecule has 0 bridgehead atoms. The minimum Gasteiger partial charge on any atom is -0.348 e. The van der Waals surface area contributed by atoms with Gasteiger partial charge in [-0.15, -0.1) is 0 Å². The van der Waals surface area contributed by atoms with Crippen LogP contribution in [0.3, 0.4) is 0 Å². The number of amides is 1. The van der Waals surface area contributed by atoms with E-state index in [9.17, 15) is 4.79 Å². The zero-order valence-corrected chi connectivity index (χ0v) is 11.5. The highest BCUT2D eigenvalue weighted by atomic mass is 16.2. The van der Waals surface area contributed by atoms with Gasteiger partial charge >= 0.3 is 0 Å². The van der Waals surface area contributed by atoms with Crippen molar-refractivity contribution in [2.45, 2.75) is 32.9 Å². The van der Waals surface area contributed by atoms with Gasteiger partial charge in [0, 0.05) is 18.8 Å². The lowest BCUT2D eigenvalue weighted by atomic mass is 10.2. The van der Waals surface area contributed by atoms with E-state index in [0.717, 1.165) is 13.0 Å². The molecule has 1 aromatic heterocycles. The first-order valence-electron chi connectivity index (χ1n) is 6.70. The van der Waals surface area contributed by atoms with Gasteiger partial charge in [-0.25, -0.2) is 0 Å². The zero-order valence-electron chi connectivity index (χ0n) is 11.5. The Morgan fingerprint density at radius 1 is 1.21 bits per heavy atom. The topological polar surface area (TPSA) is 34.0 Å². The lowest BCUT2D eigenvalue weighted by molar-refractivity contribution is 0.0930. The van der Waals surface area contributed by atoms with E-state index in [0.29, 0.717) is 5.69 Å². The van der Waals surface area contributed by atoms with Gasteiger partial charge in [0.15, 0.2) is 0 Å². The molecule has 0 saturated heterocycles. The maximum Gasteiger partial charge on any atom is 0.268 e. The third-order valence-corrected chi connectivity index (χ3v) is 3.25. The average Bonchev–Trinajstić information content (AvgIpc) is 2.88. The summed E-state index contributed by atoms with van der Waals surface area (Å²) >= 11 is 0. The van der Waals surface area contributed by atoms with Crippen LogP contribution in [0.5, 0.6) is 0 Å². The van der Waals surface area contributed by atoms with E-state index in [1.165, 1.54) is 5.56 Å². The van der Waals surface area contributed by atoms with Crippen LogP contribution in [0, 0.1) is 0 Å². The molecule has 1 aromatic carbocycles. The van der Waals surface area contributed by atoms with Gasteiger partial charge < -0.3 is 9.88 Å². The molecule has 0 spiro atoms. The SMILES string of the molecule is CCC(C)NC(=O)c1cccn1Cc1ccccc1. The van der Waals surface area contributed by atoms with E-state index >= 15 is 0 Å². The van der Waals surface area contributed by atoms with Crippen molar-refractivity contribution in [1.29, 1.82) is 0 Å². The summed E-state index contributed by atoms with van der Waals surface area (Å²) < 4.78 is 1.98. The molecule has 1 heterocycles. The number of hydrogen-bond acceptors (Lipinski definition) is 1. The van der Waals surface area contributed by atoms with Crippen LogP contribution in [0.2, 0.25) is 0 Å². The van der Waals surface area contributed by atoms with E-state index in [-0.39, 0.29) is 11.9 Å². The molecule has 1 amide bonds. The fraction of sp³-hybridized carbons (Fsp3) is 0.312. The molecule has 0 aliphatic carbocycles. The second kappa shape index (κ2) is 6.23. The van der Waals surface area contributed by atoms with E-state index in [2.05, 4.69) is 24.4 Å². The van der Waals surface area contributed by atoms with Gasteiger partial charge in [-0.2, -0.15) is 0 Å². The number of rotatable bonds is 5. The molecule has 3 nitrogen and oxygen atoms in total. The molecule has 100 valence electrons.